The predicted molar refractivity (Wildman–Crippen MR) is 78.1 cm³/mol. The standard InChI is InChI=1S/C11H12N4O3S2/c12-10(19)6-18-9-4-2-1-3-8(9)15-20(16,17)11-5-13-7-14-11/h1-5,7,15H,6H2,(H2,12,19)(H,13,14). The first kappa shape index (κ1) is 14.3. The monoisotopic (exact) mass is 312 g/mol. The lowest BCUT2D eigenvalue weighted by Crippen LogP contribution is -2.19. The highest BCUT2D eigenvalue weighted by atomic mass is 32.2. The zero-order valence-electron chi connectivity index (χ0n) is 10.2. The minimum absolute atomic E-state index is 0.0259. The molecule has 0 saturated heterocycles. The largest absolute Gasteiger partial charge is 0.484 e. The number of H-pyrrole nitrogens is 1. The molecule has 0 amide bonds. The van der Waals surface area contributed by atoms with E-state index in [1.54, 1.807) is 24.3 Å². The van der Waals surface area contributed by atoms with Gasteiger partial charge in [-0.3, -0.25) is 4.72 Å². The number of imidazole rings is 1. The average molecular weight is 312 g/mol. The van der Waals surface area contributed by atoms with Gasteiger partial charge in [0.05, 0.1) is 18.2 Å². The molecule has 2 aromatic rings. The molecule has 0 radical (unpaired) electrons. The van der Waals surface area contributed by atoms with Crippen LogP contribution in [0.5, 0.6) is 5.75 Å². The van der Waals surface area contributed by atoms with E-state index in [1.807, 2.05) is 0 Å². The highest BCUT2D eigenvalue weighted by Crippen LogP contribution is 2.26. The summed E-state index contributed by atoms with van der Waals surface area (Å²) in [6.07, 6.45) is 2.49. The second-order valence-electron chi connectivity index (χ2n) is 3.77. The smallest absolute Gasteiger partial charge is 0.279 e. The van der Waals surface area contributed by atoms with E-state index in [2.05, 4.69) is 14.7 Å². The van der Waals surface area contributed by atoms with E-state index in [9.17, 15) is 8.42 Å². The fraction of sp³-hybridized carbons (Fsp3) is 0.0909. The molecule has 0 bridgehead atoms. The Balaban J connectivity index is 2.23. The van der Waals surface area contributed by atoms with E-state index in [0.717, 1.165) is 0 Å². The number of hydrogen-bond donors (Lipinski definition) is 3. The van der Waals surface area contributed by atoms with E-state index in [4.69, 9.17) is 22.7 Å². The molecule has 0 atom stereocenters. The third kappa shape index (κ3) is 3.45. The summed E-state index contributed by atoms with van der Waals surface area (Å²) in [5, 5.41) is -0.0401. The van der Waals surface area contributed by atoms with Crippen LogP contribution in [0.2, 0.25) is 0 Å². The number of aromatic amines is 1. The zero-order chi connectivity index (χ0) is 14.6. The lowest BCUT2D eigenvalue weighted by molar-refractivity contribution is 0.379. The molecule has 0 aliphatic carbocycles. The second kappa shape index (κ2) is 5.88. The lowest BCUT2D eigenvalue weighted by Gasteiger charge is -2.12. The van der Waals surface area contributed by atoms with Crippen molar-refractivity contribution in [1.29, 1.82) is 0 Å². The van der Waals surface area contributed by atoms with E-state index in [0.29, 0.717) is 11.4 Å². The molecule has 1 aromatic carbocycles. The first-order chi connectivity index (χ1) is 9.49. The Hall–Kier alpha value is -2.13. The molecular formula is C11H12N4O3S2. The first-order valence-electron chi connectivity index (χ1n) is 5.50. The Bertz CT molecular complexity index is 698. The number of para-hydroxylation sites is 2. The molecule has 0 spiro atoms. The Morgan fingerprint density at radius 2 is 2.20 bits per heavy atom. The minimum atomic E-state index is -3.74. The highest BCUT2D eigenvalue weighted by Gasteiger charge is 2.17. The van der Waals surface area contributed by atoms with Crippen molar-refractivity contribution in [2.75, 3.05) is 11.3 Å². The molecule has 20 heavy (non-hydrogen) atoms. The Labute approximate surface area is 121 Å². The maximum Gasteiger partial charge on any atom is 0.279 e. The fourth-order valence-corrected chi connectivity index (χ4v) is 2.45. The number of sulfonamides is 1. The summed E-state index contributed by atoms with van der Waals surface area (Å²) in [6.45, 7) is 0.0259. The number of nitrogens with one attached hydrogen (secondary N) is 2. The first-order valence-corrected chi connectivity index (χ1v) is 7.39. The van der Waals surface area contributed by atoms with Crippen LogP contribution in [0.25, 0.3) is 0 Å². The summed E-state index contributed by atoms with van der Waals surface area (Å²) in [5.41, 5.74) is 5.64. The summed E-state index contributed by atoms with van der Waals surface area (Å²) < 4.78 is 31.9. The molecule has 1 heterocycles. The van der Waals surface area contributed by atoms with Gasteiger partial charge in [-0.15, -0.1) is 0 Å². The number of nitrogens with two attached hydrogens (primary N) is 1. The molecule has 0 unspecified atom stereocenters. The fourth-order valence-electron chi connectivity index (χ4n) is 1.42. The van der Waals surface area contributed by atoms with Crippen LogP contribution in [0.4, 0.5) is 5.69 Å². The minimum Gasteiger partial charge on any atom is -0.484 e. The van der Waals surface area contributed by atoms with Crippen molar-refractivity contribution >= 4 is 32.9 Å². The van der Waals surface area contributed by atoms with Gasteiger partial charge >= 0.3 is 0 Å². The van der Waals surface area contributed by atoms with Crippen LogP contribution in [-0.2, 0) is 10.0 Å². The molecule has 0 fully saturated rings. The molecule has 0 aliphatic heterocycles. The lowest BCUT2D eigenvalue weighted by atomic mass is 10.3. The SMILES string of the molecule is NC(=S)COc1ccccc1NS(=O)(=O)c1cnc[nH]1. The molecule has 9 heteroatoms. The maximum atomic E-state index is 12.1. The maximum absolute atomic E-state index is 12.1. The van der Waals surface area contributed by atoms with Crippen molar-refractivity contribution in [3.8, 4) is 5.75 Å². The quantitative estimate of drug-likeness (QED) is 0.683. The van der Waals surface area contributed by atoms with Gasteiger partial charge in [-0.2, -0.15) is 8.42 Å². The van der Waals surface area contributed by atoms with Crippen molar-refractivity contribution in [2.24, 2.45) is 5.73 Å². The third-order valence-corrected chi connectivity index (χ3v) is 3.67. The van der Waals surface area contributed by atoms with Gasteiger partial charge in [0, 0.05) is 0 Å². The van der Waals surface area contributed by atoms with Crippen molar-refractivity contribution in [3.05, 3.63) is 36.8 Å². The van der Waals surface area contributed by atoms with E-state index in [1.165, 1.54) is 12.5 Å². The summed E-state index contributed by atoms with van der Waals surface area (Å²) in [5.74, 6) is 0.336. The van der Waals surface area contributed by atoms with Gasteiger partial charge in [-0.1, -0.05) is 24.4 Å². The predicted octanol–water partition coefficient (Wildman–Crippen LogP) is 0.875. The van der Waals surface area contributed by atoms with E-state index in [-0.39, 0.29) is 16.6 Å². The van der Waals surface area contributed by atoms with Gasteiger partial charge < -0.3 is 15.5 Å². The van der Waals surface area contributed by atoms with Crippen LogP contribution in [0.1, 0.15) is 0 Å². The normalized spacial score (nSPS) is 11.0. The second-order valence-corrected chi connectivity index (χ2v) is 5.95. The van der Waals surface area contributed by atoms with E-state index < -0.39 is 10.0 Å². The summed E-state index contributed by atoms with van der Waals surface area (Å²) in [6, 6.07) is 6.58. The van der Waals surface area contributed by atoms with Gasteiger partial charge in [0.1, 0.15) is 17.3 Å². The van der Waals surface area contributed by atoms with Crippen LogP contribution >= 0.6 is 12.2 Å². The van der Waals surface area contributed by atoms with Gasteiger partial charge in [0.25, 0.3) is 10.0 Å². The van der Waals surface area contributed by atoms with Crippen LogP contribution in [-0.4, -0.2) is 30.0 Å². The van der Waals surface area contributed by atoms with E-state index >= 15 is 0 Å². The van der Waals surface area contributed by atoms with Crippen LogP contribution in [0.3, 0.4) is 0 Å². The number of aromatic nitrogens is 2. The third-order valence-electron chi connectivity index (χ3n) is 2.26. The molecule has 0 saturated carbocycles. The van der Waals surface area contributed by atoms with Gasteiger partial charge in [0.2, 0.25) is 0 Å². The van der Waals surface area contributed by atoms with Crippen LogP contribution in [0.15, 0.2) is 41.8 Å². The topological polar surface area (TPSA) is 110 Å². The Morgan fingerprint density at radius 3 is 2.85 bits per heavy atom. The summed E-state index contributed by atoms with van der Waals surface area (Å²) >= 11 is 4.71. The van der Waals surface area contributed by atoms with Crippen LogP contribution in [0, 0.1) is 0 Å². The number of hydrogen-bond acceptors (Lipinski definition) is 5. The number of anilines is 1. The van der Waals surface area contributed by atoms with Gasteiger partial charge in [0.15, 0.2) is 5.03 Å². The van der Waals surface area contributed by atoms with Crippen molar-refractivity contribution < 1.29 is 13.2 Å². The Morgan fingerprint density at radius 1 is 1.45 bits per heavy atom. The number of benzene rings is 1. The number of rotatable bonds is 6. The number of thiocarbonyl (C=S) groups is 1. The van der Waals surface area contributed by atoms with Crippen molar-refractivity contribution in [1.82, 2.24) is 9.97 Å². The molecule has 0 aliphatic rings. The highest BCUT2D eigenvalue weighted by molar-refractivity contribution is 7.92. The van der Waals surface area contributed by atoms with Gasteiger partial charge in [-0.05, 0) is 12.1 Å². The molecule has 2 rings (SSSR count). The van der Waals surface area contributed by atoms with Crippen molar-refractivity contribution in [3.63, 3.8) is 0 Å². The molecular weight excluding hydrogens is 300 g/mol. The number of ether oxygens (including phenoxy) is 1. The van der Waals surface area contributed by atoms with Crippen molar-refractivity contribution in [2.45, 2.75) is 5.03 Å². The van der Waals surface area contributed by atoms with Gasteiger partial charge in [-0.25, -0.2) is 4.98 Å². The molecule has 7 nitrogen and oxygen atoms in total. The average Bonchev–Trinajstić information content (AvgIpc) is 2.92. The summed E-state index contributed by atoms with van der Waals surface area (Å²) in [7, 11) is -3.74. The molecule has 1 aromatic heterocycles. The summed E-state index contributed by atoms with van der Waals surface area (Å²) in [4.78, 5) is 6.37. The molecule has 106 valence electrons. The Kier molecular flexibility index (Phi) is 4.20. The number of nitrogens with zero attached hydrogens (tertiary/aromatic N) is 1. The zero-order valence-corrected chi connectivity index (χ0v) is 11.9. The van der Waals surface area contributed by atoms with Crippen LogP contribution < -0.4 is 15.2 Å². The molecule has 4 N–H and O–H groups in total.